The van der Waals surface area contributed by atoms with Crippen molar-refractivity contribution in [3.63, 3.8) is 0 Å². The summed E-state index contributed by atoms with van der Waals surface area (Å²) >= 11 is 3.48. The van der Waals surface area contributed by atoms with Crippen molar-refractivity contribution >= 4 is 26.8 Å². The molecule has 3 aromatic rings. The highest BCUT2D eigenvalue weighted by atomic mass is 79.9. The van der Waals surface area contributed by atoms with Crippen LogP contribution >= 0.6 is 15.9 Å². The van der Waals surface area contributed by atoms with Gasteiger partial charge in [0.1, 0.15) is 6.07 Å². The predicted molar refractivity (Wildman–Crippen MR) is 92.7 cm³/mol. The SMILES string of the molecule is COc1cc2ncc(C#N)c(-c3cccc(Br)c3)c2cc1OC. The van der Waals surface area contributed by atoms with Crippen LogP contribution in [0.25, 0.3) is 22.0 Å². The molecule has 2 aromatic carbocycles. The molecule has 0 spiro atoms. The smallest absolute Gasteiger partial charge is 0.162 e. The molecule has 0 unspecified atom stereocenters. The molecule has 0 aliphatic carbocycles. The van der Waals surface area contributed by atoms with E-state index in [1.807, 2.05) is 36.4 Å². The maximum Gasteiger partial charge on any atom is 0.162 e. The molecule has 0 amide bonds. The van der Waals surface area contributed by atoms with E-state index >= 15 is 0 Å². The zero-order valence-corrected chi connectivity index (χ0v) is 14.2. The minimum atomic E-state index is 0.516. The second kappa shape index (κ2) is 6.27. The molecule has 1 heterocycles. The van der Waals surface area contributed by atoms with Crippen LogP contribution in [0.5, 0.6) is 11.5 Å². The van der Waals surface area contributed by atoms with Gasteiger partial charge in [-0.3, -0.25) is 4.98 Å². The number of hydrogen-bond acceptors (Lipinski definition) is 4. The number of nitriles is 1. The summed E-state index contributed by atoms with van der Waals surface area (Å²) in [6.45, 7) is 0. The first kappa shape index (κ1) is 15.3. The van der Waals surface area contributed by atoms with Gasteiger partial charge in [-0.25, -0.2) is 0 Å². The van der Waals surface area contributed by atoms with E-state index in [4.69, 9.17) is 9.47 Å². The molecule has 0 radical (unpaired) electrons. The van der Waals surface area contributed by atoms with E-state index in [1.165, 1.54) is 0 Å². The Kier molecular flexibility index (Phi) is 4.18. The number of halogens is 1. The molecule has 0 saturated heterocycles. The van der Waals surface area contributed by atoms with Crippen LogP contribution < -0.4 is 9.47 Å². The summed E-state index contributed by atoms with van der Waals surface area (Å²) < 4.78 is 11.7. The third kappa shape index (κ3) is 2.73. The highest BCUT2D eigenvalue weighted by Crippen LogP contribution is 2.38. The lowest BCUT2D eigenvalue weighted by Crippen LogP contribution is -1.95. The number of benzene rings is 2. The molecule has 0 fully saturated rings. The Labute approximate surface area is 142 Å². The highest BCUT2D eigenvalue weighted by molar-refractivity contribution is 9.10. The molecule has 0 aliphatic rings. The van der Waals surface area contributed by atoms with Crippen LogP contribution in [-0.2, 0) is 0 Å². The molecular weight excluding hydrogens is 356 g/mol. The van der Waals surface area contributed by atoms with Crippen LogP contribution in [0.1, 0.15) is 5.56 Å². The van der Waals surface area contributed by atoms with E-state index < -0.39 is 0 Å². The number of ether oxygens (including phenoxy) is 2. The molecule has 0 bridgehead atoms. The van der Waals surface area contributed by atoms with Gasteiger partial charge in [-0.1, -0.05) is 28.1 Å². The van der Waals surface area contributed by atoms with Gasteiger partial charge in [-0.15, -0.1) is 0 Å². The van der Waals surface area contributed by atoms with Crippen LogP contribution in [0.3, 0.4) is 0 Å². The minimum absolute atomic E-state index is 0.516. The molecule has 1 aromatic heterocycles. The maximum absolute atomic E-state index is 9.48. The molecule has 0 aliphatic heterocycles. The Bertz CT molecular complexity index is 932. The van der Waals surface area contributed by atoms with Gasteiger partial charge < -0.3 is 9.47 Å². The van der Waals surface area contributed by atoms with Crippen molar-refractivity contribution in [2.75, 3.05) is 14.2 Å². The lowest BCUT2D eigenvalue weighted by atomic mass is 9.96. The number of pyridine rings is 1. The summed E-state index contributed by atoms with van der Waals surface area (Å²) in [5, 5.41) is 10.3. The van der Waals surface area contributed by atoms with Crippen LogP contribution in [-0.4, -0.2) is 19.2 Å². The molecule has 4 nitrogen and oxygen atoms in total. The predicted octanol–water partition coefficient (Wildman–Crippen LogP) is 4.55. The monoisotopic (exact) mass is 368 g/mol. The van der Waals surface area contributed by atoms with E-state index in [1.54, 1.807) is 20.4 Å². The third-order valence-corrected chi connectivity index (χ3v) is 4.10. The summed E-state index contributed by atoms with van der Waals surface area (Å²) in [5.74, 6) is 1.21. The summed E-state index contributed by atoms with van der Waals surface area (Å²) in [7, 11) is 3.17. The average Bonchev–Trinajstić information content (AvgIpc) is 2.59. The first-order valence-corrected chi connectivity index (χ1v) is 7.68. The lowest BCUT2D eigenvalue weighted by Gasteiger charge is -2.13. The van der Waals surface area contributed by atoms with Crippen LogP contribution in [0, 0.1) is 11.3 Å². The van der Waals surface area contributed by atoms with Crippen LogP contribution in [0.2, 0.25) is 0 Å². The van der Waals surface area contributed by atoms with E-state index in [0.717, 1.165) is 26.5 Å². The van der Waals surface area contributed by atoms with Gasteiger partial charge >= 0.3 is 0 Å². The van der Waals surface area contributed by atoms with Gasteiger partial charge in [0.2, 0.25) is 0 Å². The van der Waals surface area contributed by atoms with Gasteiger partial charge in [-0.2, -0.15) is 5.26 Å². The zero-order valence-electron chi connectivity index (χ0n) is 12.6. The van der Waals surface area contributed by atoms with Gasteiger partial charge in [0.05, 0.1) is 25.3 Å². The maximum atomic E-state index is 9.48. The van der Waals surface area contributed by atoms with Gasteiger partial charge in [0.25, 0.3) is 0 Å². The van der Waals surface area contributed by atoms with Crippen molar-refractivity contribution in [1.82, 2.24) is 4.98 Å². The van der Waals surface area contributed by atoms with Crippen molar-refractivity contribution in [2.45, 2.75) is 0 Å². The minimum Gasteiger partial charge on any atom is -0.493 e. The van der Waals surface area contributed by atoms with Crippen molar-refractivity contribution in [1.29, 1.82) is 5.26 Å². The summed E-state index contributed by atoms with van der Waals surface area (Å²) in [4.78, 5) is 4.37. The lowest BCUT2D eigenvalue weighted by molar-refractivity contribution is 0.356. The molecule has 114 valence electrons. The van der Waals surface area contributed by atoms with Crippen LogP contribution in [0.4, 0.5) is 0 Å². The summed E-state index contributed by atoms with van der Waals surface area (Å²) in [6, 6.07) is 13.7. The second-order valence-electron chi connectivity index (χ2n) is 4.89. The Morgan fingerprint density at radius 3 is 2.48 bits per heavy atom. The fraction of sp³-hybridized carbons (Fsp3) is 0.111. The first-order valence-electron chi connectivity index (χ1n) is 6.88. The molecule has 5 heteroatoms. The Balaban J connectivity index is 2.40. The summed E-state index contributed by atoms with van der Waals surface area (Å²) in [5.41, 5.74) is 3.04. The fourth-order valence-corrected chi connectivity index (χ4v) is 2.96. The molecule has 23 heavy (non-hydrogen) atoms. The van der Waals surface area contributed by atoms with Gasteiger partial charge in [0, 0.05) is 27.7 Å². The number of methoxy groups -OCH3 is 2. The number of nitrogens with zero attached hydrogens (tertiary/aromatic N) is 2. The third-order valence-electron chi connectivity index (χ3n) is 3.61. The Morgan fingerprint density at radius 1 is 1.09 bits per heavy atom. The molecule has 0 atom stereocenters. The van der Waals surface area contributed by atoms with Crippen molar-refractivity contribution in [3.8, 4) is 28.7 Å². The molecule has 0 saturated carbocycles. The Hall–Kier alpha value is -2.58. The van der Waals surface area contributed by atoms with Crippen molar-refractivity contribution in [3.05, 3.63) is 52.6 Å². The second-order valence-corrected chi connectivity index (χ2v) is 5.81. The van der Waals surface area contributed by atoms with E-state index in [2.05, 4.69) is 27.0 Å². The normalized spacial score (nSPS) is 10.3. The molecule has 0 N–H and O–H groups in total. The quantitative estimate of drug-likeness (QED) is 0.680. The van der Waals surface area contributed by atoms with E-state index in [0.29, 0.717) is 17.1 Å². The largest absolute Gasteiger partial charge is 0.493 e. The zero-order chi connectivity index (χ0) is 16.4. The Morgan fingerprint density at radius 2 is 1.83 bits per heavy atom. The topological polar surface area (TPSA) is 55.1 Å². The fourth-order valence-electron chi connectivity index (χ4n) is 2.56. The number of aromatic nitrogens is 1. The van der Waals surface area contributed by atoms with Crippen molar-refractivity contribution in [2.24, 2.45) is 0 Å². The summed E-state index contributed by atoms with van der Waals surface area (Å²) in [6.07, 6.45) is 1.59. The standard InChI is InChI=1S/C18H13BrN2O2/c1-22-16-7-14-15(8-17(16)23-2)21-10-12(9-20)18(14)11-4-3-5-13(19)6-11/h3-8,10H,1-2H3. The van der Waals surface area contributed by atoms with E-state index in [9.17, 15) is 5.26 Å². The van der Waals surface area contributed by atoms with E-state index in [-0.39, 0.29) is 0 Å². The van der Waals surface area contributed by atoms with Gasteiger partial charge in [-0.05, 0) is 23.8 Å². The van der Waals surface area contributed by atoms with Gasteiger partial charge in [0.15, 0.2) is 11.5 Å². The highest BCUT2D eigenvalue weighted by Gasteiger charge is 2.15. The first-order chi connectivity index (χ1) is 11.2. The number of fused-ring (bicyclic) bond motifs is 1. The average molecular weight is 369 g/mol. The molecule has 3 rings (SSSR count). The molecular formula is C18H13BrN2O2. The van der Waals surface area contributed by atoms with Crippen molar-refractivity contribution < 1.29 is 9.47 Å². The number of hydrogen-bond donors (Lipinski definition) is 0. The number of rotatable bonds is 3. The van der Waals surface area contributed by atoms with Crippen LogP contribution in [0.15, 0.2) is 47.1 Å².